The molecule has 4 aromatic rings. The third-order valence-corrected chi connectivity index (χ3v) is 7.12. The molecule has 0 atom stereocenters. The van der Waals surface area contributed by atoms with Gasteiger partial charge < -0.3 is 15.2 Å². The number of hydrogen-bond acceptors (Lipinski definition) is 7. The van der Waals surface area contributed by atoms with Crippen LogP contribution >= 0.6 is 23.2 Å². The molecule has 0 bridgehead atoms. The van der Waals surface area contributed by atoms with E-state index in [1.54, 1.807) is 49.4 Å². The van der Waals surface area contributed by atoms with Crippen LogP contribution < -0.4 is 10.1 Å². The van der Waals surface area contributed by atoms with Crippen LogP contribution in [0.15, 0.2) is 75.8 Å². The molecule has 0 heterocycles. The van der Waals surface area contributed by atoms with Gasteiger partial charge in [0.05, 0.1) is 22.8 Å². The third-order valence-electron chi connectivity index (χ3n) is 5.73. The van der Waals surface area contributed by atoms with Gasteiger partial charge in [0.2, 0.25) is 0 Å². The lowest BCUT2D eigenvalue weighted by molar-refractivity contribution is 0.102. The fourth-order valence-electron chi connectivity index (χ4n) is 3.97. The lowest BCUT2D eigenvalue weighted by Gasteiger charge is -2.13. The normalized spacial score (nSPS) is 11.7. The van der Waals surface area contributed by atoms with Crippen LogP contribution in [0.3, 0.4) is 0 Å². The fraction of sp³-hybridized carbons (Fsp3) is 0.148. The van der Waals surface area contributed by atoms with Gasteiger partial charge in [0.25, 0.3) is 16.0 Å². The molecular weight excluding hydrogens is 565 g/mol. The monoisotopic (exact) mass is 587 g/mol. The molecule has 3 N–H and O–H groups in total. The highest BCUT2D eigenvalue weighted by molar-refractivity contribution is 7.85. The second-order valence-corrected chi connectivity index (χ2v) is 10.6. The quantitative estimate of drug-likeness (QED) is 0.142. The number of hydrogen-bond donors (Lipinski definition) is 3. The number of ether oxygens (including phenoxy) is 1. The maximum absolute atomic E-state index is 13.2. The first-order valence-corrected chi connectivity index (χ1v) is 13.9. The van der Waals surface area contributed by atoms with Crippen molar-refractivity contribution in [2.24, 2.45) is 10.2 Å². The lowest BCUT2D eigenvalue weighted by atomic mass is 10.0. The fourth-order valence-corrected chi connectivity index (χ4v) is 5.13. The number of azo groups is 1. The number of fused-ring (bicyclic) bond motifs is 1. The number of halogens is 2. The van der Waals surface area contributed by atoms with Crippen molar-refractivity contribution in [3.63, 3.8) is 0 Å². The van der Waals surface area contributed by atoms with Gasteiger partial charge in [0, 0.05) is 27.2 Å². The second kappa shape index (κ2) is 11.6. The third kappa shape index (κ3) is 6.31. The van der Waals surface area contributed by atoms with E-state index >= 15 is 0 Å². The molecule has 0 spiro atoms. The highest BCUT2D eigenvalue weighted by Gasteiger charge is 2.20. The Morgan fingerprint density at radius 3 is 2.46 bits per heavy atom. The van der Waals surface area contributed by atoms with Crippen LogP contribution in [-0.2, 0) is 16.5 Å². The number of carbonyl (C=O) groups is 1. The van der Waals surface area contributed by atoms with E-state index in [0.717, 1.165) is 12.1 Å². The van der Waals surface area contributed by atoms with Crippen LogP contribution in [0.2, 0.25) is 10.0 Å². The van der Waals surface area contributed by atoms with Gasteiger partial charge >= 0.3 is 0 Å². The molecule has 0 aliphatic rings. The van der Waals surface area contributed by atoms with Crippen molar-refractivity contribution >= 4 is 67.1 Å². The summed E-state index contributed by atoms with van der Waals surface area (Å²) in [5, 5.41) is 23.7. The maximum Gasteiger partial charge on any atom is 0.294 e. The molecule has 0 unspecified atom stereocenters. The van der Waals surface area contributed by atoms with E-state index in [2.05, 4.69) is 15.5 Å². The lowest BCUT2D eigenvalue weighted by Crippen LogP contribution is -2.12. The van der Waals surface area contributed by atoms with E-state index < -0.39 is 26.7 Å². The number of nitrogens with zero attached hydrogens (tertiary/aromatic N) is 2. The smallest absolute Gasteiger partial charge is 0.294 e. The number of benzene rings is 4. The summed E-state index contributed by atoms with van der Waals surface area (Å²) in [6, 6.07) is 15.5. The van der Waals surface area contributed by atoms with E-state index in [1.165, 1.54) is 6.07 Å². The van der Waals surface area contributed by atoms with Crippen LogP contribution in [0.4, 0.5) is 17.1 Å². The van der Waals surface area contributed by atoms with E-state index in [1.807, 2.05) is 6.92 Å². The topological polar surface area (TPSA) is 138 Å². The minimum Gasteiger partial charge on any atom is -0.505 e. The molecule has 4 aromatic carbocycles. The molecule has 0 saturated heterocycles. The summed E-state index contributed by atoms with van der Waals surface area (Å²) in [6.07, 6.45) is 0.386. The number of phenols is 1. The van der Waals surface area contributed by atoms with Gasteiger partial charge in [-0.2, -0.15) is 13.5 Å². The predicted molar refractivity (Wildman–Crippen MR) is 151 cm³/mol. The molecule has 0 aliphatic heterocycles. The zero-order valence-electron chi connectivity index (χ0n) is 20.8. The van der Waals surface area contributed by atoms with Gasteiger partial charge in [0.1, 0.15) is 11.4 Å². The van der Waals surface area contributed by atoms with Gasteiger partial charge in [-0.25, -0.2) is 0 Å². The Morgan fingerprint density at radius 1 is 1.03 bits per heavy atom. The van der Waals surface area contributed by atoms with Crippen molar-refractivity contribution < 1.29 is 27.6 Å². The Labute approximate surface area is 234 Å². The number of phenolic OH excluding ortho intramolecular Hbond substituents is 1. The second-order valence-electron chi connectivity index (χ2n) is 8.34. The minimum atomic E-state index is -4.56. The Balaban J connectivity index is 1.81. The van der Waals surface area contributed by atoms with Crippen molar-refractivity contribution in [3.05, 3.63) is 81.8 Å². The number of aromatic hydroxyl groups is 1. The SMILES string of the molecule is CCOc1cc(Cl)cc(NC(=O)c2cc3ccccc3c(N=Nc3cc(S(=O)(=O)O)cc(Cl)c3CC)c2O)c1. The molecule has 0 aromatic heterocycles. The van der Waals surface area contributed by atoms with Gasteiger partial charge in [-0.15, -0.1) is 5.11 Å². The van der Waals surface area contributed by atoms with Crippen LogP contribution in [0.5, 0.6) is 11.5 Å². The molecule has 202 valence electrons. The zero-order chi connectivity index (χ0) is 28.3. The number of rotatable bonds is 8. The molecule has 12 heteroatoms. The molecule has 0 fully saturated rings. The molecule has 1 amide bonds. The van der Waals surface area contributed by atoms with E-state index in [0.29, 0.717) is 45.8 Å². The summed E-state index contributed by atoms with van der Waals surface area (Å²) >= 11 is 12.4. The average molecular weight is 588 g/mol. The minimum absolute atomic E-state index is 0.0187. The van der Waals surface area contributed by atoms with Crippen molar-refractivity contribution in [2.75, 3.05) is 11.9 Å². The molecule has 4 rings (SSSR count). The molecular formula is C27H23Cl2N3O6S. The van der Waals surface area contributed by atoms with Crippen LogP contribution in [0.1, 0.15) is 29.8 Å². The molecule has 39 heavy (non-hydrogen) atoms. The first-order chi connectivity index (χ1) is 18.5. The van der Waals surface area contributed by atoms with Crippen LogP contribution in [0.25, 0.3) is 10.8 Å². The highest BCUT2D eigenvalue weighted by Crippen LogP contribution is 2.41. The summed E-state index contributed by atoms with van der Waals surface area (Å²) in [5.41, 5.74) is 0.821. The summed E-state index contributed by atoms with van der Waals surface area (Å²) < 4.78 is 38.4. The Morgan fingerprint density at radius 2 is 1.77 bits per heavy atom. The summed E-state index contributed by atoms with van der Waals surface area (Å²) in [4.78, 5) is 12.8. The van der Waals surface area contributed by atoms with Crippen LogP contribution in [-0.4, -0.2) is 30.6 Å². The van der Waals surface area contributed by atoms with Crippen LogP contribution in [0, 0.1) is 0 Å². The largest absolute Gasteiger partial charge is 0.505 e. The maximum atomic E-state index is 13.2. The first kappa shape index (κ1) is 28.3. The van der Waals surface area contributed by atoms with Crippen molar-refractivity contribution in [3.8, 4) is 11.5 Å². The standard InChI is InChI=1S/C27H23Cl2N3O6S/c1-3-20-23(29)13-19(39(35,36)37)14-24(20)31-32-25-21-8-6-5-7-15(21)9-22(26(25)33)27(34)30-17-10-16(28)11-18(12-17)38-4-2/h5-14,33H,3-4H2,1-2H3,(H,30,34)(H,35,36,37). The molecule has 0 radical (unpaired) electrons. The molecule has 0 saturated carbocycles. The summed E-state index contributed by atoms with van der Waals surface area (Å²) in [5.74, 6) is -0.614. The number of nitrogens with one attached hydrogen (secondary N) is 1. The molecule has 0 aliphatic carbocycles. The van der Waals surface area contributed by atoms with Crippen molar-refractivity contribution in [2.45, 2.75) is 25.2 Å². The van der Waals surface area contributed by atoms with Gasteiger partial charge in [0.15, 0.2) is 5.75 Å². The van der Waals surface area contributed by atoms with E-state index in [-0.39, 0.29) is 22.0 Å². The number of anilines is 1. The van der Waals surface area contributed by atoms with E-state index in [9.17, 15) is 22.9 Å². The Bertz CT molecular complexity index is 1720. The van der Waals surface area contributed by atoms with Crippen molar-refractivity contribution in [1.82, 2.24) is 0 Å². The summed E-state index contributed by atoms with van der Waals surface area (Å²) in [6.45, 7) is 4.02. The van der Waals surface area contributed by atoms with Crippen molar-refractivity contribution in [1.29, 1.82) is 0 Å². The zero-order valence-corrected chi connectivity index (χ0v) is 23.1. The summed E-state index contributed by atoms with van der Waals surface area (Å²) in [7, 11) is -4.56. The van der Waals surface area contributed by atoms with Gasteiger partial charge in [-0.05, 0) is 54.6 Å². The Kier molecular flexibility index (Phi) is 8.41. The Hall–Kier alpha value is -3.70. The van der Waals surface area contributed by atoms with Gasteiger partial charge in [-0.3, -0.25) is 9.35 Å². The average Bonchev–Trinajstić information content (AvgIpc) is 2.86. The highest BCUT2D eigenvalue weighted by atomic mass is 35.5. The van der Waals surface area contributed by atoms with E-state index in [4.69, 9.17) is 27.9 Å². The first-order valence-electron chi connectivity index (χ1n) is 11.7. The molecule has 9 nitrogen and oxygen atoms in total. The van der Waals surface area contributed by atoms with Gasteiger partial charge in [-0.1, -0.05) is 54.4 Å². The number of amides is 1. The predicted octanol–water partition coefficient (Wildman–Crippen LogP) is 7.73. The number of carbonyl (C=O) groups excluding carboxylic acids is 1.